The molecule has 2 aromatic heterocycles. The Bertz CT molecular complexity index is 1110. The zero-order valence-electron chi connectivity index (χ0n) is 16.4. The molecule has 31 heavy (non-hydrogen) atoms. The van der Waals surface area contributed by atoms with Crippen LogP contribution < -0.4 is 10.5 Å². The fraction of sp³-hybridized carbons (Fsp3) is 0.286. The van der Waals surface area contributed by atoms with Gasteiger partial charge in [0.15, 0.2) is 0 Å². The molecule has 0 N–H and O–H groups in total. The first-order valence-corrected chi connectivity index (χ1v) is 10.0. The molecule has 0 saturated carbocycles. The van der Waals surface area contributed by atoms with Crippen LogP contribution in [0.5, 0.6) is 0 Å². The Kier molecular flexibility index (Phi) is 5.97. The number of pyridine rings is 1. The fourth-order valence-electron chi connectivity index (χ4n) is 3.51. The van der Waals surface area contributed by atoms with Crippen LogP contribution in [0.2, 0.25) is 5.02 Å². The van der Waals surface area contributed by atoms with Crippen LogP contribution in [0.15, 0.2) is 59.7 Å². The van der Waals surface area contributed by atoms with E-state index >= 15 is 0 Å². The highest BCUT2D eigenvalue weighted by molar-refractivity contribution is 6.33. The maximum absolute atomic E-state index is 13.0. The second-order valence-electron chi connectivity index (χ2n) is 7.19. The number of anilines is 1. The lowest BCUT2D eigenvalue weighted by Crippen LogP contribution is -2.46. The van der Waals surface area contributed by atoms with E-state index in [0.717, 1.165) is 42.1 Å². The minimum absolute atomic E-state index is 0.00783. The molecule has 0 amide bonds. The maximum atomic E-state index is 13.0. The number of halogens is 4. The summed E-state index contributed by atoms with van der Waals surface area (Å²) in [6, 6.07) is 10.2. The van der Waals surface area contributed by atoms with Crippen molar-refractivity contribution in [2.75, 3.05) is 31.1 Å². The van der Waals surface area contributed by atoms with Gasteiger partial charge in [-0.2, -0.15) is 23.0 Å². The largest absolute Gasteiger partial charge is 0.416 e. The summed E-state index contributed by atoms with van der Waals surface area (Å²) in [5.41, 5.74) is -0.0440. The van der Waals surface area contributed by atoms with Crippen LogP contribution in [0.3, 0.4) is 0 Å². The third-order valence-corrected chi connectivity index (χ3v) is 5.50. The normalized spacial score (nSPS) is 15.3. The molecule has 0 atom stereocenters. The first kappa shape index (κ1) is 21.3. The molecule has 3 aromatic rings. The highest BCUT2D eigenvalue weighted by atomic mass is 35.5. The van der Waals surface area contributed by atoms with Gasteiger partial charge in [-0.05, 0) is 30.3 Å². The molecule has 1 saturated heterocycles. The van der Waals surface area contributed by atoms with Gasteiger partial charge < -0.3 is 4.90 Å². The van der Waals surface area contributed by atoms with Gasteiger partial charge in [0.2, 0.25) is 0 Å². The molecular weight excluding hydrogens is 431 g/mol. The van der Waals surface area contributed by atoms with E-state index in [1.807, 2.05) is 23.1 Å². The molecule has 0 aliphatic carbocycles. The molecule has 10 heteroatoms. The Balaban J connectivity index is 1.50. The SMILES string of the molecule is O=c1c(Cl)c(N2CCN(Cc3ccccn3)CC2)cnn1-c1cccc(C(F)(F)F)c1. The van der Waals surface area contributed by atoms with Crippen LogP contribution in [0.1, 0.15) is 11.3 Å². The van der Waals surface area contributed by atoms with Crippen molar-refractivity contribution in [2.24, 2.45) is 0 Å². The van der Waals surface area contributed by atoms with Crippen LogP contribution >= 0.6 is 11.6 Å². The molecule has 0 bridgehead atoms. The van der Waals surface area contributed by atoms with Crippen molar-refractivity contribution in [3.8, 4) is 5.69 Å². The third kappa shape index (κ3) is 4.72. The van der Waals surface area contributed by atoms with Crippen molar-refractivity contribution < 1.29 is 13.2 Å². The van der Waals surface area contributed by atoms with Gasteiger partial charge in [0.05, 0.1) is 28.8 Å². The molecule has 1 aliphatic rings. The molecule has 1 aliphatic heterocycles. The van der Waals surface area contributed by atoms with Crippen LogP contribution in [-0.4, -0.2) is 45.8 Å². The minimum Gasteiger partial charge on any atom is -0.366 e. The Labute approximate surface area is 181 Å². The average Bonchev–Trinajstić information content (AvgIpc) is 2.77. The summed E-state index contributed by atoms with van der Waals surface area (Å²) in [6.07, 6.45) is -1.33. The standard InChI is InChI=1S/C21H19ClF3N5O/c22-19-18(29-10-8-28(9-11-29)14-16-5-1-2-7-26-16)13-27-30(20(19)31)17-6-3-4-15(12-17)21(23,24)25/h1-7,12-13H,8-11,14H2. The van der Waals surface area contributed by atoms with E-state index in [4.69, 9.17) is 11.6 Å². The lowest BCUT2D eigenvalue weighted by atomic mass is 10.2. The second-order valence-corrected chi connectivity index (χ2v) is 7.57. The first-order chi connectivity index (χ1) is 14.8. The summed E-state index contributed by atoms with van der Waals surface area (Å²) in [5, 5.41) is 4.02. The van der Waals surface area contributed by atoms with Crippen molar-refractivity contribution in [3.05, 3.63) is 81.5 Å². The molecule has 4 rings (SSSR count). The number of aromatic nitrogens is 3. The zero-order valence-corrected chi connectivity index (χ0v) is 17.1. The third-order valence-electron chi connectivity index (χ3n) is 5.14. The monoisotopic (exact) mass is 449 g/mol. The van der Waals surface area contributed by atoms with Crippen LogP contribution in [0.25, 0.3) is 5.69 Å². The molecule has 1 fully saturated rings. The number of rotatable bonds is 4. The Morgan fingerprint density at radius 3 is 2.48 bits per heavy atom. The van der Waals surface area contributed by atoms with Crippen molar-refractivity contribution in [1.82, 2.24) is 19.7 Å². The van der Waals surface area contributed by atoms with Crippen molar-refractivity contribution in [2.45, 2.75) is 12.7 Å². The second kappa shape index (κ2) is 8.68. The average molecular weight is 450 g/mol. The summed E-state index contributed by atoms with van der Waals surface area (Å²) < 4.78 is 39.9. The highest BCUT2D eigenvalue weighted by Crippen LogP contribution is 2.30. The summed E-state index contributed by atoms with van der Waals surface area (Å²) in [6.45, 7) is 3.52. The quantitative estimate of drug-likeness (QED) is 0.609. The van der Waals surface area contributed by atoms with Gasteiger partial charge in [-0.25, -0.2) is 0 Å². The van der Waals surface area contributed by atoms with Gasteiger partial charge in [-0.3, -0.25) is 14.7 Å². The predicted molar refractivity (Wildman–Crippen MR) is 112 cm³/mol. The Morgan fingerprint density at radius 2 is 1.81 bits per heavy atom. The molecule has 0 spiro atoms. The summed E-state index contributed by atoms with van der Waals surface area (Å²) >= 11 is 6.32. The maximum Gasteiger partial charge on any atom is 0.416 e. The van der Waals surface area contributed by atoms with E-state index in [-0.39, 0.29) is 10.7 Å². The van der Waals surface area contributed by atoms with E-state index in [9.17, 15) is 18.0 Å². The molecule has 0 radical (unpaired) electrons. The van der Waals surface area contributed by atoms with E-state index < -0.39 is 17.3 Å². The molecular formula is C21H19ClF3N5O. The van der Waals surface area contributed by atoms with Gasteiger partial charge >= 0.3 is 6.18 Å². The van der Waals surface area contributed by atoms with Gasteiger partial charge in [-0.1, -0.05) is 23.7 Å². The molecule has 3 heterocycles. The van der Waals surface area contributed by atoms with E-state index in [1.165, 1.54) is 18.3 Å². The lowest BCUT2D eigenvalue weighted by molar-refractivity contribution is -0.137. The zero-order chi connectivity index (χ0) is 22.0. The minimum atomic E-state index is -4.52. The molecule has 0 unspecified atom stereocenters. The van der Waals surface area contributed by atoms with Crippen molar-refractivity contribution in [1.29, 1.82) is 0 Å². The number of benzene rings is 1. The lowest BCUT2D eigenvalue weighted by Gasteiger charge is -2.36. The van der Waals surface area contributed by atoms with Crippen LogP contribution in [0.4, 0.5) is 18.9 Å². The Hall–Kier alpha value is -2.91. The molecule has 1 aromatic carbocycles. The van der Waals surface area contributed by atoms with Gasteiger partial charge in [0, 0.05) is 38.9 Å². The van der Waals surface area contributed by atoms with Crippen molar-refractivity contribution >= 4 is 17.3 Å². The topological polar surface area (TPSA) is 54.3 Å². The van der Waals surface area contributed by atoms with Gasteiger partial charge in [0.1, 0.15) is 5.02 Å². The van der Waals surface area contributed by atoms with E-state index in [1.54, 1.807) is 6.20 Å². The van der Waals surface area contributed by atoms with E-state index in [2.05, 4.69) is 15.0 Å². The van der Waals surface area contributed by atoms with Crippen molar-refractivity contribution in [3.63, 3.8) is 0 Å². The molecule has 162 valence electrons. The van der Waals surface area contributed by atoms with E-state index in [0.29, 0.717) is 18.8 Å². The summed E-state index contributed by atoms with van der Waals surface area (Å²) in [5.74, 6) is 0. The first-order valence-electron chi connectivity index (χ1n) is 9.65. The number of nitrogens with zero attached hydrogens (tertiary/aromatic N) is 5. The predicted octanol–water partition coefficient (Wildman–Crippen LogP) is 3.62. The molecule has 6 nitrogen and oxygen atoms in total. The fourth-order valence-corrected chi connectivity index (χ4v) is 3.76. The highest BCUT2D eigenvalue weighted by Gasteiger charge is 2.31. The number of alkyl halides is 3. The number of hydrogen-bond acceptors (Lipinski definition) is 5. The van der Waals surface area contributed by atoms with Gasteiger partial charge in [-0.15, -0.1) is 0 Å². The number of hydrogen-bond donors (Lipinski definition) is 0. The number of piperazine rings is 1. The van der Waals surface area contributed by atoms with Crippen LogP contribution in [-0.2, 0) is 12.7 Å². The Morgan fingerprint density at radius 1 is 1.03 bits per heavy atom. The van der Waals surface area contributed by atoms with Crippen LogP contribution in [0, 0.1) is 0 Å². The van der Waals surface area contributed by atoms with Gasteiger partial charge in [0.25, 0.3) is 5.56 Å². The summed E-state index contributed by atoms with van der Waals surface area (Å²) in [7, 11) is 0. The smallest absolute Gasteiger partial charge is 0.366 e. The summed E-state index contributed by atoms with van der Waals surface area (Å²) in [4.78, 5) is 21.3.